The smallest absolute Gasteiger partial charge is 0.193 e. The van der Waals surface area contributed by atoms with Crippen LogP contribution in [-0.2, 0) is 0 Å². The average molecular weight is 274 g/mol. The van der Waals surface area contributed by atoms with Crippen LogP contribution in [0.15, 0.2) is 15.3 Å². The topological polar surface area (TPSA) is 76.7 Å². The summed E-state index contributed by atoms with van der Waals surface area (Å²) in [7, 11) is 0. The Labute approximate surface area is 114 Å². The van der Waals surface area contributed by atoms with Crippen molar-refractivity contribution >= 4 is 16.8 Å². The zero-order valence-electron chi connectivity index (χ0n) is 11.4. The van der Waals surface area contributed by atoms with Gasteiger partial charge in [-0.25, -0.2) is 0 Å². The summed E-state index contributed by atoms with van der Waals surface area (Å²) in [5.41, 5.74) is 0.350. The number of phenolic OH excluding ortho intramolecular Hbond substituents is 1. The molecule has 1 atom stereocenters. The highest BCUT2D eigenvalue weighted by Crippen LogP contribution is 2.41. The number of fused-ring (bicyclic) bond motifs is 3. The number of phenols is 1. The van der Waals surface area contributed by atoms with Crippen LogP contribution in [0.4, 0.5) is 0 Å². The molecule has 20 heavy (non-hydrogen) atoms. The molecule has 0 saturated carbocycles. The fraction of sp³-hybridized carbons (Fsp3) is 0.333. The molecular weight excluding hydrogens is 260 g/mol. The molecule has 2 aromatic rings. The van der Waals surface area contributed by atoms with Crippen molar-refractivity contribution in [3.63, 3.8) is 0 Å². The fourth-order valence-corrected chi connectivity index (χ4v) is 2.54. The lowest BCUT2D eigenvalue weighted by Gasteiger charge is -2.24. The van der Waals surface area contributed by atoms with E-state index >= 15 is 0 Å². The molecule has 2 heterocycles. The number of benzene rings is 1. The van der Waals surface area contributed by atoms with Gasteiger partial charge in [-0.15, -0.1) is 0 Å². The number of hydrogen-bond donors (Lipinski definition) is 1. The first-order chi connectivity index (χ1) is 9.41. The molecule has 0 aliphatic carbocycles. The van der Waals surface area contributed by atoms with Gasteiger partial charge < -0.3 is 14.3 Å². The summed E-state index contributed by atoms with van der Waals surface area (Å²) in [5.74, 6) is 0.0383. The Morgan fingerprint density at radius 1 is 1.30 bits per heavy atom. The maximum Gasteiger partial charge on any atom is 0.193 e. The van der Waals surface area contributed by atoms with Crippen molar-refractivity contribution < 1.29 is 19.1 Å². The van der Waals surface area contributed by atoms with Crippen LogP contribution < -0.4 is 10.2 Å². The van der Waals surface area contributed by atoms with Crippen molar-refractivity contribution in [2.24, 2.45) is 5.92 Å². The zero-order chi connectivity index (χ0) is 14.6. The standard InChI is InChI=1S/C15H14O5/c1-6-5-19-14-8(3)13(18)15-10(11(14)12(6)17)9(16)4-7(2)20-15/h4,6,18H,5H2,1-3H3/t6-/m0/s1. The highest BCUT2D eigenvalue weighted by Gasteiger charge is 2.32. The normalized spacial score (nSPS) is 17.9. The summed E-state index contributed by atoms with van der Waals surface area (Å²) >= 11 is 0. The SMILES string of the molecule is Cc1cc(=O)c2c3c(c(C)c(O)c2o1)OC[C@H](C)C3=O. The van der Waals surface area contributed by atoms with E-state index in [1.807, 2.05) is 0 Å². The summed E-state index contributed by atoms with van der Waals surface area (Å²) < 4.78 is 11.0. The number of carbonyl (C=O) groups is 1. The molecule has 1 aliphatic rings. The van der Waals surface area contributed by atoms with Crippen molar-refractivity contribution in [1.82, 2.24) is 0 Å². The van der Waals surface area contributed by atoms with E-state index in [9.17, 15) is 14.7 Å². The van der Waals surface area contributed by atoms with Crippen molar-refractivity contribution in [1.29, 1.82) is 0 Å². The van der Waals surface area contributed by atoms with Crippen molar-refractivity contribution in [3.8, 4) is 11.5 Å². The molecule has 5 nitrogen and oxygen atoms in total. The van der Waals surface area contributed by atoms with Crippen LogP contribution in [0.5, 0.6) is 11.5 Å². The van der Waals surface area contributed by atoms with Crippen molar-refractivity contribution in [3.05, 3.63) is 33.2 Å². The van der Waals surface area contributed by atoms with Gasteiger partial charge in [0.05, 0.1) is 23.5 Å². The first-order valence-corrected chi connectivity index (χ1v) is 6.38. The molecule has 5 heteroatoms. The first kappa shape index (κ1) is 12.7. The quantitative estimate of drug-likeness (QED) is 0.797. The Hall–Kier alpha value is -2.30. The Morgan fingerprint density at radius 2 is 2.00 bits per heavy atom. The third-order valence-corrected chi connectivity index (χ3v) is 3.63. The monoisotopic (exact) mass is 274 g/mol. The molecule has 0 spiro atoms. The Kier molecular flexibility index (Phi) is 2.61. The molecule has 0 bridgehead atoms. The third-order valence-electron chi connectivity index (χ3n) is 3.63. The van der Waals surface area contributed by atoms with Gasteiger partial charge in [0.15, 0.2) is 22.5 Å². The van der Waals surface area contributed by atoms with Gasteiger partial charge in [-0.2, -0.15) is 0 Å². The van der Waals surface area contributed by atoms with E-state index in [0.717, 1.165) is 0 Å². The maximum absolute atomic E-state index is 12.4. The molecule has 0 saturated heterocycles. The average Bonchev–Trinajstić information content (AvgIpc) is 2.39. The highest BCUT2D eigenvalue weighted by atomic mass is 16.5. The predicted octanol–water partition coefficient (Wildman–Crippen LogP) is 2.33. The van der Waals surface area contributed by atoms with Gasteiger partial charge in [0.25, 0.3) is 0 Å². The van der Waals surface area contributed by atoms with E-state index < -0.39 is 0 Å². The zero-order valence-corrected chi connectivity index (χ0v) is 11.4. The molecule has 3 rings (SSSR count). The highest BCUT2D eigenvalue weighted by molar-refractivity contribution is 6.12. The number of carbonyl (C=O) groups excluding carboxylic acids is 1. The van der Waals surface area contributed by atoms with Crippen LogP contribution in [0, 0.1) is 19.8 Å². The lowest BCUT2D eigenvalue weighted by atomic mass is 9.91. The van der Waals surface area contributed by atoms with Crippen LogP contribution in [-0.4, -0.2) is 17.5 Å². The van der Waals surface area contributed by atoms with E-state index in [0.29, 0.717) is 11.3 Å². The predicted molar refractivity (Wildman–Crippen MR) is 72.6 cm³/mol. The number of Topliss-reactive ketones (excluding diaryl/α,β-unsaturated/α-hetero) is 1. The molecule has 0 fully saturated rings. The van der Waals surface area contributed by atoms with Crippen molar-refractivity contribution in [2.75, 3.05) is 6.61 Å². The third kappa shape index (κ3) is 1.56. The second kappa shape index (κ2) is 4.10. The van der Waals surface area contributed by atoms with Gasteiger partial charge in [-0.05, 0) is 13.8 Å². The van der Waals surface area contributed by atoms with Gasteiger partial charge in [-0.1, -0.05) is 6.92 Å². The summed E-state index contributed by atoms with van der Waals surface area (Å²) in [6.45, 7) is 5.25. The van der Waals surface area contributed by atoms with Crippen LogP contribution in [0.3, 0.4) is 0 Å². The summed E-state index contributed by atoms with van der Waals surface area (Å²) in [4.78, 5) is 24.6. The second-order valence-electron chi connectivity index (χ2n) is 5.18. The minimum absolute atomic E-state index is 0.0531. The lowest BCUT2D eigenvalue weighted by Crippen LogP contribution is -2.27. The maximum atomic E-state index is 12.4. The molecule has 1 aliphatic heterocycles. The largest absolute Gasteiger partial charge is 0.504 e. The summed E-state index contributed by atoms with van der Waals surface area (Å²) in [6, 6.07) is 1.31. The van der Waals surface area contributed by atoms with Gasteiger partial charge in [-0.3, -0.25) is 9.59 Å². The summed E-state index contributed by atoms with van der Waals surface area (Å²) in [5, 5.41) is 10.3. The lowest BCUT2D eigenvalue weighted by molar-refractivity contribution is 0.0850. The van der Waals surface area contributed by atoms with Gasteiger partial charge in [0.2, 0.25) is 0 Å². The molecule has 0 unspecified atom stereocenters. The molecule has 1 N–H and O–H groups in total. The number of aromatic hydroxyl groups is 1. The number of ketones is 1. The van der Waals surface area contributed by atoms with Crippen LogP contribution in [0.25, 0.3) is 11.0 Å². The van der Waals surface area contributed by atoms with Gasteiger partial charge >= 0.3 is 0 Å². The van der Waals surface area contributed by atoms with E-state index in [1.165, 1.54) is 6.07 Å². The van der Waals surface area contributed by atoms with Crippen LogP contribution >= 0.6 is 0 Å². The van der Waals surface area contributed by atoms with Crippen molar-refractivity contribution in [2.45, 2.75) is 20.8 Å². The number of hydrogen-bond acceptors (Lipinski definition) is 5. The molecule has 0 amide bonds. The number of aryl methyl sites for hydroxylation is 1. The molecule has 0 radical (unpaired) electrons. The van der Waals surface area contributed by atoms with Crippen LogP contribution in [0.2, 0.25) is 0 Å². The van der Waals surface area contributed by atoms with E-state index in [1.54, 1.807) is 20.8 Å². The molecule has 1 aromatic carbocycles. The van der Waals surface area contributed by atoms with E-state index in [-0.39, 0.29) is 51.8 Å². The molecular formula is C15H14O5. The first-order valence-electron chi connectivity index (χ1n) is 6.38. The Bertz CT molecular complexity index is 800. The second-order valence-corrected chi connectivity index (χ2v) is 5.18. The van der Waals surface area contributed by atoms with Crippen LogP contribution in [0.1, 0.15) is 28.6 Å². The Balaban J connectivity index is 2.57. The van der Waals surface area contributed by atoms with E-state index in [4.69, 9.17) is 9.15 Å². The summed E-state index contributed by atoms with van der Waals surface area (Å²) in [6.07, 6.45) is 0. The Morgan fingerprint density at radius 3 is 2.70 bits per heavy atom. The minimum Gasteiger partial charge on any atom is -0.504 e. The van der Waals surface area contributed by atoms with Gasteiger partial charge in [0, 0.05) is 11.6 Å². The number of ether oxygens (including phenoxy) is 1. The van der Waals surface area contributed by atoms with E-state index in [2.05, 4.69) is 0 Å². The fourth-order valence-electron chi connectivity index (χ4n) is 2.54. The molecule has 1 aromatic heterocycles. The molecule has 104 valence electrons. The minimum atomic E-state index is -0.346. The van der Waals surface area contributed by atoms with Gasteiger partial charge in [0.1, 0.15) is 11.5 Å². The number of rotatable bonds is 0.